The quantitative estimate of drug-likeness (QED) is 0.340. The van der Waals surface area contributed by atoms with E-state index in [4.69, 9.17) is 9.72 Å². The second kappa shape index (κ2) is 10.8. The number of benzene rings is 2. The van der Waals surface area contributed by atoms with E-state index in [-0.39, 0.29) is 5.97 Å². The van der Waals surface area contributed by atoms with Crippen molar-refractivity contribution in [2.45, 2.75) is 78.7 Å². The minimum atomic E-state index is -0.182. The molecule has 0 bridgehead atoms. The molecule has 0 aliphatic heterocycles. The minimum absolute atomic E-state index is 0.182. The molecular weight excluding hydrogens is 434 g/mol. The standard InChI is InChI=1S/C30H41N3O2/c1-19(2)23-10-12-24(13-11-23)31-30-32-26-18-22(9-16-29(34)35-6)8-15-27(26)33(30)28-17-21(5)7-14-25(28)20(3)4/h8,10-13,15,18-21,25,28H,7,9,14,16-17H2,1-6H3,(H,31,32)/t21-,25+,28-/m1/s1. The van der Waals surface area contributed by atoms with Gasteiger partial charge in [-0.25, -0.2) is 4.98 Å². The Balaban J connectivity index is 1.75. The maximum absolute atomic E-state index is 11.7. The molecule has 2 aromatic carbocycles. The zero-order valence-electron chi connectivity index (χ0n) is 22.2. The van der Waals surface area contributed by atoms with Gasteiger partial charge in [-0.3, -0.25) is 4.79 Å². The molecule has 1 saturated carbocycles. The second-order valence-corrected chi connectivity index (χ2v) is 11.0. The molecule has 3 aromatic rings. The Labute approximate surface area is 210 Å². The molecule has 0 saturated heterocycles. The van der Waals surface area contributed by atoms with Gasteiger partial charge < -0.3 is 14.6 Å². The molecule has 0 unspecified atom stereocenters. The number of carbonyl (C=O) groups is 1. The van der Waals surface area contributed by atoms with Crippen LogP contribution in [0.2, 0.25) is 0 Å². The summed E-state index contributed by atoms with van der Waals surface area (Å²) in [6.07, 6.45) is 4.75. The average Bonchev–Trinajstić information content (AvgIpc) is 3.19. The van der Waals surface area contributed by atoms with Crippen molar-refractivity contribution in [3.8, 4) is 0 Å². The molecule has 4 rings (SSSR count). The van der Waals surface area contributed by atoms with Gasteiger partial charge in [0.25, 0.3) is 0 Å². The third kappa shape index (κ3) is 5.71. The molecule has 1 N–H and O–H groups in total. The van der Waals surface area contributed by atoms with Gasteiger partial charge in [-0.05, 0) is 78.3 Å². The molecule has 188 valence electrons. The van der Waals surface area contributed by atoms with E-state index in [1.54, 1.807) is 0 Å². The van der Waals surface area contributed by atoms with E-state index in [1.165, 1.54) is 31.9 Å². The van der Waals surface area contributed by atoms with Crippen LogP contribution in [-0.2, 0) is 16.0 Å². The summed E-state index contributed by atoms with van der Waals surface area (Å²) < 4.78 is 7.30. The van der Waals surface area contributed by atoms with E-state index >= 15 is 0 Å². The summed E-state index contributed by atoms with van der Waals surface area (Å²) >= 11 is 0. The molecule has 1 fully saturated rings. The molecule has 35 heavy (non-hydrogen) atoms. The van der Waals surface area contributed by atoms with Crippen LogP contribution in [0.1, 0.15) is 83.4 Å². The lowest BCUT2D eigenvalue weighted by Crippen LogP contribution is -2.30. The van der Waals surface area contributed by atoms with Crippen molar-refractivity contribution < 1.29 is 9.53 Å². The summed E-state index contributed by atoms with van der Waals surface area (Å²) in [7, 11) is 1.44. The number of hydrogen-bond donors (Lipinski definition) is 1. The lowest BCUT2D eigenvalue weighted by molar-refractivity contribution is -0.140. The molecule has 3 atom stereocenters. The number of anilines is 2. The zero-order valence-corrected chi connectivity index (χ0v) is 22.2. The van der Waals surface area contributed by atoms with Crippen LogP contribution >= 0.6 is 0 Å². The molecule has 5 heteroatoms. The molecule has 0 amide bonds. The van der Waals surface area contributed by atoms with E-state index in [0.29, 0.717) is 42.6 Å². The number of fused-ring (bicyclic) bond motifs is 1. The van der Waals surface area contributed by atoms with Crippen LogP contribution < -0.4 is 5.32 Å². The summed E-state index contributed by atoms with van der Waals surface area (Å²) in [5.74, 6) is 3.16. The topological polar surface area (TPSA) is 56.1 Å². The predicted molar refractivity (Wildman–Crippen MR) is 144 cm³/mol. The Morgan fingerprint density at radius 3 is 2.51 bits per heavy atom. The molecule has 1 aromatic heterocycles. The van der Waals surface area contributed by atoms with Crippen LogP contribution in [0.25, 0.3) is 11.0 Å². The van der Waals surface area contributed by atoms with Gasteiger partial charge in [-0.2, -0.15) is 0 Å². The first-order valence-electron chi connectivity index (χ1n) is 13.2. The number of aryl methyl sites for hydroxylation is 1. The highest BCUT2D eigenvalue weighted by atomic mass is 16.5. The number of aromatic nitrogens is 2. The summed E-state index contributed by atoms with van der Waals surface area (Å²) in [4.78, 5) is 16.8. The van der Waals surface area contributed by atoms with E-state index < -0.39 is 0 Å². The number of rotatable bonds is 8. The summed E-state index contributed by atoms with van der Waals surface area (Å²) in [6, 6.07) is 15.6. The fourth-order valence-electron chi connectivity index (χ4n) is 5.60. The van der Waals surface area contributed by atoms with Gasteiger partial charge in [0.05, 0.1) is 18.1 Å². The molecule has 5 nitrogen and oxygen atoms in total. The van der Waals surface area contributed by atoms with Crippen molar-refractivity contribution in [1.29, 1.82) is 0 Å². The first-order valence-corrected chi connectivity index (χ1v) is 13.2. The fraction of sp³-hybridized carbons (Fsp3) is 0.533. The lowest BCUT2D eigenvalue weighted by atomic mass is 9.74. The SMILES string of the molecule is COC(=O)CCc1ccc2c(c1)nc(Nc1ccc(C(C)C)cc1)n2[C@@H]1C[C@H](C)CC[C@H]1C(C)C. The second-order valence-electron chi connectivity index (χ2n) is 11.0. The Hall–Kier alpha value is -2.82. The van der Waals surface area contributed by atoms with Crippen LogP contribution in [0.15, 0.2) is 42.5 Å². The minimum Gasteiger partial charge on any atom is -0.469 e. The number of carbonyl (C=O) groups excluding carboxylic acids is 1. The lowest BCUT2D eigenvalue weighted by Gasteiger charge is -2.39. The van der Waals surface area contributed by atoms with Gasteiger partial charge in [0.15, 0.2) is 0 Å². The van der Waals surface area contributed by atoms with E-state index in [2.05, 4.69) is 87.0 Å². The number of nitrogens with zero attached hydrogens (tertiary/aromatic N) is 2. The Bertz CT molecular complexity index is 1150. The molecular formula is C30H41N3O2. The van der Waals surface area contributed by atoms with Gasteiger partial charge in [0, 0.05) is 18.2 Å². The van der Waals surface area contributed by atoms with Crippen molar-refractivity contribution in [2.75, 3.05) is 12.4 Å². The van der Waals surface area contributed by atoms with Crippen LogP contribution in [0, 0.1) is 17.8 Å². The van der Waals surface area contributed by atoms with E-state index in [0.717, 1.165) is 28.2 Å². The van der Waals surface area contributed by atoms with Crippen LogP contribution in [0.4, 0.5) is 11.6 Å². The van der Waals surface area contributed by atoms with Crippen molar-refractivity contribution in [1.82, 2.24) is 9.55 Å². The number of esters is 1. The smallest absolute Gasteiger partial charge is 0.305 e. The number of nitrogens with one attached hydrogen (secondary N) is 1. The molecule has 0 spiro atoms. The maximum Gasteiger partial charge on any atom is 0.305 e. The first-order chi connectivity index (χ1) is 16.8. The predicted octanol–water partition coefficient (Wildman–Crippen LogP) is 7.64. The summed E-state index contributed by atoms with van der Waals surface area (Å²) in [5, 5.41) is 3.66. The zero-order chi connectivity index (χ0) is 25.1. The van der Waals surface area contributed by atoms with E-state index in [1.807, 2.05) is 0 Å². The summed E-state index contributed by atoms with van der Waals surface area (Å²) in [5.41, 5.74) is 5.65. The Kier molecular flexibility index (Phi) is 7.83. The third-order valence-corrected chi connectivity index (χ3v) is 7.75. The van der Waals surface area contributed by atoms with Crippen LogP contribution in [0.5, 0.6) is 0 Å². The Morgan fingerprint density at radius 1 is 1.11 bits per heavy atom. The monoisotopic (exact) mass is 475 g/mol. The van der Waals surface area contributed by atoms with Crippen molar-refractivity contribution in [2.24, 2.45) is 17.8 Å². The highest BCUT2D eigenvalue weighted by Gasteiger charge is 2.34. The van der Waals surface area contributed by atoms with Crippen molar-refractivity contribution in [3.63, 3.8) is 0 Å². The van der Waals surface area contributed by atoms with Gasteiger partial charge in [0.2, 0.25) is 5.95 Å². The highest BCUT2D eigenvalue weighted by molar-refractivity contribution is 5.81. The van der Waals surface area contributed by atoms with Gasteiger partial charge >= 0.3 is 5.97 Å². The summed E-state index contributed by atoms with van der Waals surface area (Å²) in [6.45, 7) is 11.5. The largest absolute Gasteiger partial charge is 0.469 e. The molecule has 1 aliphatic rings. The van der Waals surface area contributed by atoms with Crippen LogP contribution in [0.3, 0.4) is 0 Å². The van der Waals surface area contributed by atoms with Gasteiger partial charge in [-0.15, -0.1) is 0 Å². The number of imidazole rings is 1. The Morgan fingerprint density at radius 2 is 1.86 bits per heavy atom. The molecule has 1 aliphatic carbocycles. The maximum atomic E-state index is 11.7. The van der Waals surface area contributed by atoms with Gasteiger partial charge in [-0.1, -0.05) is 59.2 Å². The number of hydrogen-bond acceptors (Lipinski definition) is 4. The van der Waals surface area contributed by atoms with Crippen molar-refractivity contribution in [3.05, 3.63) is 53.6 Å². The third-order valence-electron chi connectivity index (χ3n) is 7.75. The van der Waals surface area contributed by atoms with Crippen molar-refractivity contribution >= 4 is 28.6 Å². The van der Waals surface area contributed by atoms with Crippen LogP contribution in [-0.4, -0.2) is 22.6 Å². The fourth-order valence-corrected chi connectivity index (χ4v) is 5.60. The van der Waals surface area contributed by atoms with Gasteiger partial charge in [0.1, 0.15) is 0 Å². The number of methoxy groups -OCH3 is 1. The molecule has 0 radical (unpaired) electrons. The molecule has 1 heterocycles. The highest BCUT2D eigenvalue weighted by Crippen LogP contribution is 2.44. The van der Waals surface area contributed by atoms with E-state index in [9.17, 15) is 4.79 Å². The normalized spacial score (nSPS) is 20.5. The number of ether oxygens (including phenoxy) is 1. The average molecular weight is 476 g/mol. The first kappa shape index (κ1) is 25.3.